The van der Waals surface area contributed by atoms with E-state index in [0.717, 1.165) is 11.6 Å². The first-order chi connectivity index (χ1) is 6.27. The first-order valence-electron chi connectivity index (χ1n) is 3.95. The normalized spacial score (nSPS) is 10.6. The van der Waals surface area contributed by atoms with Gasteiger partial charge >= 0.3 is 0 Å². The van der Waals surface area contributed by atoms with Crippen LogP contribution in [0, 0.1) is 0 Å². The highest BCUT2D eigenvalue weighted by molar-refractivity contribution is 5.00. The lowest BCUT2D eigenvalue weighted by molar-refractivity contribution is 0.674. The van der Waals surface area contributed by atoms with Gasteiger partial charge in [-0.2, -0.15) is 0 Å². The number of imidazole rings is 1. The molecule has 13 heavy (non-hydrogen) atoms. The smallest absolute Gasteiger partial charge is 0.158 e. The molecule has 2 rings (SSSR count). The van der Waals surface area contributed by atoms with Crippen LogP contribution in [0.4, 0.5) is 0 Å². The van der Waals surface area contributed by atoms with Crippen molar-refractivity contribution in [2.24, 2.45) is 14.1 Å². The summed E-state index contributed by atoms with van der Waals surface area (Å²) in [5.74, 6) is 1.77. The summed E-state index contributed by atoms with van der Waals surface area (Å²) in [6, 6.07) is 0. The predicted octanol–water partition coefficient (Wildman–Crippen LogP) is -0.466. The predicted molar refractivity (Wildman–Crippen MR) is 44.8 cm³/mol. The van der Waals surface area contributed by atoms with Gasteiger partial charge in [0.15, 0.2) is 5.82 Å². The highest BCUT2D eigenvalue weighted by Gasteiger charge is 2.06. The van der Waals surface area contributed by atoms with Crippen LogP contribution in [-0.2, 0) is 20.5 Å². The van der Waals surface area contributed by atoms with Crippen molar-refractivity contribution in [3.05, 3.63) is 24.0 Å². The van der Waals surface area contributed by atoms with Crippen molar-refractivity contribution in [2.45, 2.75) is 6.42 Å². The lowest BCUT2D eigenvalue weighted by atomic mass is 10.4. The maximum Gasteiger partial charge on any atom is 0.158 e. The van der Waals surface area contributed by atoms with Crippen LogP contribution >= 0.6 is 0 Å². The third kappa shape index (κ3) is 1.42. The van der Waals surface area contributed by atoms with Crippen LogP contribution in [0.1, 0.15) is 11.6 Å². The molecule has 0 saturated carbocycles. The summed E-state index contributed by atoms with van der Waals surface area (Å²) in [4.78, 5) is 4.19. The van der Waals surface area contributed by atoms with Gasteiger partial charge in [-0.15, -0.1) is 5.10 Å². The zero-order chi connectivity index (χ0) is 9.26. The molecule has 2 aromatic heterocycles. The molecular formula is C7H10N6. The average molecular weight is 178 g/mol. The molecule has 0 atom stereocenters. The molecule has 0 N–H and O–H groups in total. The lowest BCUT2D eigenvalue weighted by Gasteiger charge is -1.99. The van der Waals surface area contributed by atoms with Crippen molar-refractivity contribution < 1.29 is 0 Å². The summed E-state index contributed by atoms with van der Waals surface area (Å²) in [5, 5.41) is 11.2. The van der Waals surface area contributed by atoms with Crippen LogP contribution in [0.2, 0.25) is 0 Å². The van der Waals surface area contributed by atoms with E-state index >= 15 is 0 Å². The standard InChI is InChI=1S/C7H10N6/c1-12-4-3-8-6(12)5-7-9-10-11-13(7)2/h3-4H,5H2,1-2H3. The molecule has 0 aliphatic heterocycles. The minimum absolute atomic E-state index is 0.660. The Morgan fingerprint density at radius 2 is 2.15 bits per heavy atom. The molecule has 0 fully saturated rings. The maximum absolute atomic E-state index is 4.19. The Hall–Kier alpha value is -1.72. The molecule has 2 heterocycles. The summed E-state index contributed by atoms with van der Waals surface area (Å²) < 4.78 is 3.60. The first kappa shape index (κ1) is 7.90. The molecule has 0 saturated heterocycles. The van der Waals surface area contributed by atoms with Crippen LogP contribution < -0.4 is 0 Å². The molecule has 0 aliphatic carbocycles. The second kappa shape index (κ2) is 2.96. The Balaban J connectivity index is 2.24. The van der Waals surface area contributed by atoms with E-state index in [1.807, 2.05) is 24.9 Å². The topological polar surface area (TPSA) is 61.4 Å². The van der Waals surface area contributed by atoms with Crippen LogP contribution in [0.15, 0.2) is 12.4 Å². The summed E-state index contributed by atoms with van der Waals surface area (Å²) in [5.41, 5.74) is 0. The SMILES string of the molecule is Cn1ccnc1Cc1nnnn1C. The fourth-order valence-corrected chi connectivity index (χ4v) is 1.11. The number of nitrogens with zero attached hydrogens (tertiary/aromatic N) is 6. The van der Waals surface area contributed by atoms with Crippen molar-refractivity contribution in [3.63, 3.8) is 0 Å². The van der Waals surface area contributed by atoms with E-state index in [1.54, 1.807) is 10.9 Å². The van der Waals surface area contributed by atoms with Gasteiger partial charge in [0, 0.05) is 26.5 Å². The Morgan fingerprint density at radius 1 is 1.31 bits per heavy atom. The number of aryl methyl sites for hydroxylation is 2. The molecule has 2 aromatic rings. The second-order valence-electron chi connectivity index (χ2n) is 2.85. The van der Waals surface area contributed by atoms with Gasteiger partial charge in [-0.05, 0) is 10.4 Å². The average Bonchev–Trinajstić information content (AvgIpc) is 2.65. The van der Waals surface area contributed by atoms with E-state index in [2.05, 4.69) is 20.5 Å². The van der Waals surface area contributed by atoms with Crippen molar-refractivity contribution in [2.75, 3.05) is 0 Å². The molecule has 6 nitrogen and oxygen atoms in total. The van der Waals surface area contributed by atoms with Gasteiger partial charge in [0.2, 0.25) is 0 Å². The highest BCUT2D eigenvalue weighted by atomic mass is 15.5. The first-order valence-corrected chi connectivity index (χ1v) is 3.95. The molecule has 0 amide bonds. The Bertz CT molecular complexity index is 362. The molecule has 6 heteroatoms. The van der Waals surface area contributed by atoms with Crippen molar-refractivity contribution in [1.82, 2.24) is 29.8 Å². The Morgan fingerprint density at radius 3 is 2.69 bits per heavy atom. The molecule has 0 bridgehead atoms. The van der Waals surface area contributed by atoms with Gasteiger partial charge in [0.05, 0.1) is 6.42 Å². The van der Waals surface area contributed by atoms with Crippen LogP contribution in [0.3, 0.4) is 0 Å². The van der Waals surface area contributed by atoms with Crippen LogP contribution in [0.25, 0.3) is 0 Å². The molecule has 68 valence electrons. The number of aromatic nitrogens is 6. The van der Waals surface area contributed by atoms with Gasteiger partial charge in [0.25, 0.3) is 0 Å². The maximum atomic E-state index is 4.19. The number of hydrogen-bond donors (Lipinski definition) is 0. The summed E-state index contributed by atoms with van der Waals surface area (Å²) >= 11 is 0. The quantitative estimate of drug-likeness (QED) is 0.624. The lowest BCUT2D eigenvalue weighted by Crippen LogP contribution is -2.04. The number of tetrazole rings is 1. The summed E-state index contributed by atoms with van der Waals surface area (Å²) in [6.45, 7) is 0. The van der Waals surface area contributed by atoms with E-state index in [0.29, 0.717) is 6.42 Å². The molecule has 0 aromatic carbocycles. The second-order valence-corrected chi connectivity index (χ2v) is 2.85. The Labute approximate surface area is 75.2 Å². The third-order valence-corrected chi connectivity index (χ3v) is 1.95. The van der Waals surface area contributed by atoms with E-state index in [1.165, 1.54) is 0 Å². The van der Waals surface area contributed by atoms with Crippen molar-refractivity contribution >= 4 is 0 Å². The third-order valence-electron chi connectivity index (χ3n) is 1.95. The van der Waals surface area contributed by atoms with Gasteiger partial charge in [0.1, 0.15) is 5.82 Å². The minimum atomic E-state index is 0.660. The van der Waals surface area contributed by atoms with Gasteiger partial charge in [-0.1, -0.05) is 0 Å². The van der Waals surface area contributed by atoms with Crippen LogP contribution in [-0.4, -0.2) is 29.8 Å². The number of rotatable bonds is 2. The van der Waals surface area contributed by atoms with E-state index in [-0.39, 0.29) is 0 Å². The number of hydrogen-bond acceptors (Lipinski definition) is 4. The highest BCUT2D eigenvalue weighted by Crippen LogP contribution is 2.01. The van der Waals surface area contributed by atoms with Gasteiger partial charge in [-0.25, -0.2) is 9.67 Å². The monoisotopic (exact) mass is 178 g/mol. The Kier molecular flexibility index (Phi) is 1.80. The molecular weight excluding hydrogens is 168 g/mol. The fraction of sp³-hybridized carbons (Fsp3) is 0.429. The van der Waals surface area contributed by atoms with Crippen molar-refractivity contribution in [3.8, 4) is 0 Å². The van der Waals surface area contributed by atoms with Crippen molar-refractivity contribution in [1.29, 1.82) is 0 Å². The molecule has 0 unspecified atom stereocenters. The summed E-state index contributed by atoms with van der Waals surface area (Å²) in [6.07, 6.45) is 4.32. The van der Waals surface area contributed by atoms with E-state index < -0.39 is 0 Å². The molecule has 0 spiro atoms. The minimum Gasteiger partial charge on any atom is -0.338 e. The molecule has 0 aliphatic rings. The van der Waals surface area contributed by atoms with Gasteiger partial charge in [-0.3, -0.25) is 0 Å². The van der Waals surface area contributed by atoms with E-state index in [9.17, 15) is 0 Å². The van der Waals surface area contributed by atoms with E-state index in [4.69, 9.17) is 0 Å². The fourth-order valence-electron chi connectivity index (χ4n) is 1.11. The zero-order valence-electron chi connectivity index (χ0n) is 7.55. The largest absolute Gasteiger partial charge is 0.338 e. The zero-order valence-corrected chi connectivity index (χ0v) is 7.55. The summed E-state index contributed by atoms with van der Waals surface area (Å²) in [7, 11) is 3.77. The van der Waals surface area contributed by atoms with Gasteiger partial charge < -0.3 is 4.57 Å². The molecule has 0 radical (unpaired) electrons. The van der Waals surface area contributed by atoms with Crippen LogP contribution in [0.5, 0.6) is 0 Å².